The lowest BCUT2D eigenvalue weighted by molar-refractivity contribution is 0.414. The van der Waals surface area contributed by atoms with Crippen molar-refractivity contribution in [1.29, 1.82) is 0 Å². The maximum Gasteiger partial charge on any atom is 0.118 e. The predicted molar refractivity (Wildman–Crippen MR) is 79.5 cm³/mol. The van der Waals surface area contributed by atoms with Gasteiger partial charge in [0, 0.05) is 13.1 Å². The van der Waals surface area contributed by atoms with Crippen LogP contribution in [0.4, 0.5) is 0 Å². The van der Waals surface area contributed by atoms with Crippen molar-refractivity contribution in [3.63, 3.8) is 0 Å². The first-order chi connectivity index (χ1) is 9.20. The Morgan fingerprint density at radius 1 is 0.947 bits per heavy atom. The van der Waals surface area contributed by atoms with Crippen LogP contribution in [0.5, 0.6) is 5.75 Å². The molecule has 0 spiro atoms. The highest BCUT2D eigenvalue weighted by atomic mass is 16.5. The summed E-state index contributed by atoms with van der Waals surface area (Å²) in [7, 11) is 1.69. The molecule has 2 aromatic rings. The average Bonchev–Trinajstić information content (AvgIpc) is 2.44. The van der Waals surface area contributed by atoms with E-state index in [2.05, 4.69) is 49.5 Å². The number of rotatable bonds is 5. The molecule has 0 fully saturated rings. The highest BCUT2D eigenvalue weighted by molar-refractivity contribution is 5.33. The van der Waals surface area contributed by atoms with Crippen LogP contribution >= 0.6 is 0 Å². The fourth-order valence-electron chi connectivity index (χ4n) is 2.09. The molecule has 2 nitrogen and oxygen atoms in total. The number of methoxy groups -OCH3 is 1. The second kappa shape index (κ2) is 6.39. The Bertz CT molecular complexity index is 531. The Hall–Kier alpha value is -1.80. The number of nitrogens with one attached hydrogen (secondary N) is 1. The number of hydrogen-bond donors (Lipinski definition) is 1. The lowest BCUT2D eigenvalue weighted by atomic mass is 10.0. The normalized spacial score (nSPS) is 10.5. The maximum atomic E-state index is 5.15. The van der Waals surface area contributed by atoms with E-state index in [-0.39, 0.29) is 0 Å². The van der Waals surface area contributed by atoms with E-state index >= 15 is 0 Å². The molecule has 2 rings (SSSR count). The zero-order chi connectivity index (χ0) is 13.7. The smallest absolute Gasteiger partial charge is 0.118 e. The Kier molecular flexibility index (Phi) is 4.58. The summed E-state index contributed by atoms with van der Waals surface area (Å²) in [6.45, 7) is 6.11. The van der Waals surface area contributed by atoms with Crippen LogP contribution in [0.2, 0.25) is 0 Å². The summed E-state index contributed by atoms with van der Waals surface area (Å²) in [6, 6.07) is 14.6. The number of ether oxygens (including phenoxy) is 1. The first kappa shape index (κ1) is 13.6. The van der Waals surface area contributed by atoms with Gasteiger partial charge in [-0.3, -0.25) is 0 Å². The highest BCUT2D eigenvalue weighted by Gasteiger charge is 2.00. The van der Waals surface area contributed by atoms with E-state index < -0.39 is 0 Å². The fraction of sp³-hybridized carbons (Fsp3) is 0.294. The van der Waals surface area contributed by atoms with Crippen LogP contribution in [0.1, 0.15) is 22.3 Å². The van der Waals surface area contributed by atoms with Gasteiger partial charge >= 0.3 is 0 Å². The zero-order valence-electron chi connectivity index (χ0n) is 11.9. The quantitative estimate of drug-likeness (QED) is 0.881. The Balaban J connectivity index is 1.90. The lowest BCUT2D eigenvalue weighted by Gasteiger charge is -2.10. The molecule has 19 heavy (non-hydrogen) atoms. The molecule has 0 aromatic heterocycles. The molecule has 0 heterocycles. The molecule has 0 aliphatic rings. The maximum absolute atomic E-state index is 5.15. The van der Waals surface area contributed by atoms with Crippen molar-refractivity contribution < 1.29 is 4.74 Å². The third-order valence-corrected chi connectivity index (χ3v) is 3.52. The molecule has 100 valence electrons. The van der Waals surface area contributed by atoms with Gasteiger partial charge < -0.3 is 10.1 Å². The van der Waals surface area contributed by atoms with E-state index in [1.165, 1.54) is 22.3 Å². The third kappa shape index (κ3) is 3.58. The molecular formula is C17H21NO. The van der Waals surface area contributed by atoms with Crippen LogP contribution in [0.15, 0.2) is 42.5 Å². The van der Waals surface area contributed by atoms with Crippen LogP contribution in [0.3, 0.4) is 0 Å². The van der Waals surface area contributed by atoms with Gasteiger partial charge in [-0.1, -0.05) is 30.3 Å². The molecule has 0 atom stereocenters. The predicted octanol–water partition coefficient (Wildman–Crippen LogP) is 3.60. The SMILES string of the molecule is COc1ccc(CNCc2cccc(C)c2C)cc1. The lowest BCUT2D eigenvalue weighted by Crippen LogP contribution is -2.13. The van der Waals surface area contributed by atoms with Crippen molar-refractivity contribution in [1.82, 2.24) is 5.32 Å². The molecule has 0 amide bonds. The van der Waals surface area contributed by atoms with Gasteiger partial charge in [0.2, 0.25) is 0 Å². The van der Waals surface area contributed by atoms with Gasteiger partial charge in [0.25, 0.3) is 0 Å². The van der Waals surface area contributed by atoms with Gasteiger partial charge in [0.05, 0.1) is 7.11 Å². The summed E-state index contributed by atoms with van der Waals surface area (Å²) in [5.74, 6) is 0.901. The summed E-state index contributed by atoms with van der Waals surface area (Å²) < 4.78 is 5.15. The molecule has 1 N–H and O–H groups in total. The third-order valence-electron chi connectivity index (χ3n) is 3.52. The van der Waals surface area contributed by atoms with Crippen LogP contribution in [0, 0.1) is 13.8 Å². The number of aryl methyl sites for hydroxylation is 1. The van der Waals surface area contributed by atoms with Crippen molar-refractivity contribution in [2.45, 2.75) is 26.9 Å². The van der Waals surface area contributed by atoms with Crippen molar-refractivity contribution in [3.05, 3.63) is 64.7 Å². The largest absolute Gasteiger partial charge is 0.497 e. The first-order valence-electron chi connectivity index (χ1n) is 6.59. The van der Waals surface area contributed by atoms with E-state index in [0.29, 0.717) is 0 Å². The second-order valence-corrected chi connectivity index (χ2v) is 4.81. The van der Waals surface area contributed by atoms with Crippen molar-refractivity contribution in [3.8, 4) is 5.75 Å². The molecule has 0 unspecified atom stereocenters. The van der Waals surface area contributed by atoms with Crippen molar-refractivity contribution in [2.75, 3.05) is 7.11 Å². The molecule has 2 aromatic carbocycles. The topological polar surface area (TPSA) is 21.3 Å². The summed E-state index contributed by atoms with van der Waals surface area (Å²) in [5, 5.41) is 3.48. The number of hydrogen-bond acceptors (Lipinski definition) is 2. The summed E-state index contributed by atoms with van der Waals surface area (Å²) in [4.78, 5) is 0. The van der Waals surface area contributed by atoms with E-state index in [9.17, 15) is 0 Å². The molecule has 0 aliphatic heterocycles. The Morgan fingerprint density at radius 2 is 1.68 bits per heavy atom. The van der Waals surface area contributed by atoms with E-state index in [4.69, 9.17) is 4.74 Å². The van der Waals surface area contributed by atoms with Crippen LogP contribution in [-0.2, 0) is 13.1 Å². The first-order valence-corrected chi connectivity index (χ1v) is 6.59. The number of benzene rings is 2. The van der Waals surface area contributed by atoms with Crippen molar-refractivity contribution in [2.24, 2.45) is 0 Å². The monoisotopic (exact) mass is 255 g/mol. The minimum Gasteiger partial charge on any atom is -0.497 e. The molecule has 0 bridgehead atoms. The standard InChI is InChI=1S/C17H21NO/c1-13-5-4-6-16(14(13)2)12-18-11-15-7-9-17(19-3)10-8-15/h4-10,18H,11-12H2,1-3H3. The Labute approximate surface area is 115 Å². The average molecular weight is 255 g/mol. The molecular weight excluding hydrogens is 234 g/mol. The minimum atomic E-state index is 0.872. The van der Waals surface area contributed by atoms with Gasteiger partial charge in [0.1, 0.15) is 5.75 Å². The summed E-state index contributed by atoms with van der Waals surface area (Å²) >= 11 is 0. The fourth-order valence-corrected chi connectivity index (χ4v) is 2.09. The molecule has 0 saturated carbocycles. The Morgan fingerprint density at radius 3 is 2.37 bits per heavy atom. The van der Waals surface area contributed by atoms with Crippen LogP contribution < -0.4 is 10.1 Å². The molecule has 2 heteroatoms. The van der Waals surface area contributed by atoms with E-state index in [1.807, 2.05) is 12.1 Å². The van der Waals surface area contributed by atoms with Crippen molar-refractivity contribution >= 4 is 0 Å². The van der Waals surface area contributed by atoms with Gasteiger partial charge in [-0.2, -0.15) is 0 Å². The molecule has 0 radical (unpaired) electrons. The highest BCUT2D eigenvalue weighted by Crippen LogP contribution is 2.13. The van der Waals surface area contributed by atoms with Gasteiger partial charge in [-0.25, -0.2) is 0 Å². The molecule has 0 saturated heterocycles. The second-order valence-electron chi connectivity index (χ2n) is 4.81. The summed E-state index contributed by atoms with van der Waals surface area (Å²) in [6.07, 6.45) is 0. The minimum absolute atomic E-state index is 0.872. The molecule has 0 aliphatic carbocycles. The van der Waals surface area contributed by atoms with Crippen LogP contribution in [-0.4, -0.2) is 7.11 Å². The van der Waals surface area contributed by atoms with E-state index in [1.54, 1.807) is 7.11 Å². The zero-order valence-corrected chi connectivity index (χ0v) is 11.9. The van der Waals surface area contributed by atoms with E-state index in [0.717, 1.165) is 18.8 Å². The van der Waals surface area contributed by atoms with Gasteiger partial charge in [-0.05, 0) is 48.2 Å². The summed E-state index contributed by atoms with van der Waals surface area (Å²) in [5.41, 5.74) is 5.37. The van der Waals surface area contributed by atoms with Gasteiger partial charge in [0.15, 0.2) is 0 Å². The van der Waals surface area contributed by atoms with Crippen LogP contribution in [0.25, 0.3) is 0 Å². The van der Waals surface area contributed by atoms with Gasteiger partial charge in [-0.15, -0.1) is 0 Å².